The lowest BCUT2D eigenvalue weighted by molar-refractivity contribution is -0.121. The molecule has 170 valence electrons. The molecule has 1 saturated heterocycles. The van der Waals surface area contributed by atoms with E-state index < -0.39 is 0 Å². The fourth-order valence-electron chi connectivity index (χ4n) is 2.98. The molecule has 0 aliphatic carbocycles. The van der Waals surface area contributed by atoms with Crippen molar-refractivity contribution in [3.8, 4) is 23.0 Å². The third kappa shape index (κ3) is 5.88. The van der Waals surface area contributed by atoms with Gasteiger partial charge in [0.2, 0.25) is 0 Å². The highest BCUT2D eigenvalue weighted by Crippen LogP contribution is 2.39. The van der Waals surface area contributed by atoms with Gasteiger partial charge in [0.05, 0.1) is 37.4 Å². The summed E-state index contributed by atoms with van der Waals surface area (Å²) in [7, 11) is 3.17. The maximum Gasteiger partial charge on any atom is 0.266 e. The Kier molecular flexibility index (Phi) is 8.67. The first-order valence-electron chi connectivity index (χ1n) is 9.99. The summed E-state index contributed by atoms with van der Waals surface area (Å²) in [4.78, 5) is 14.6. The van der Waals surface area contributed by atoms with Gasteiger partial charge < -0.3 is 18.9 Å². The summed E-state index contributed by atoms with van der Waals surface area (Å²) < 4.78 is 22.7. The second-order valence-electron chi connectivity index (χ2n) is 6.69. The van der Waals surface area contributed by atoms with Gasteiger partial charge in [-0.25, -0.2) is 0 Å². The SMILES string of the molecule is CCN1C(=O)C(=Cc2cc(Cl)c(OCCCOc3ccc(OC)cc3)c(OC)c2)SC1=S. The summed E-state index contributed by atoms with van der Waals surface area (Å²) in [5.74, 6) is 2.39. The number of benzene rings is 2. The molecule has 0 radical (unpaired) electrons. The molecule has 0 N–H and O–H groups in total. The Morgan fingerprint density at radius 2 is 1.75 bits per heavy atom. The number of thiocarbonyl (C=S) groups is 1. The molecule has 2 aromatic rings. The van der Waals surface area contributed by atoms with Crippen LogP contribution in [0.25, 0.3) is 6.08 Å². The first-order valence-corrected chi connectivity index (χ1v) is 11.6. The molecule has 0 unspecified atom stereocenters. The minimum atomic E-state index is -0.102. The van der Waals surface area contributed by atoms with E-state index in [9.17, 15) is 4.79 Å². The van der Waals surface area contributed by atoms with Gasteiger partial charge in [0.25, 0.3) is 5.91 Å². The van der Waals surface area contributed by atoms with Gasteiger partial charge >= 0.3 is 0 Å². The van der Waals surface area contributed by atoms with Crippen LogP contribution in [-0.4, -0.2) is 49.1 Å². The number of carbonyl (C=O) groups excluding carboxylic acids is 1. The molecule has 1 aliphatic heterocycles. The second kappa shape index (κ2) is 11.4. The molecule has 9 heteroatoms. The first-order chi connectivity index (χ1) is 15.5. The van der Waals surface area contributed by atoms with E-state index in [-0.39, 0.29) is 5.91 Å². The largest absolute Gasteiger partial charge is 0.497 e. The Hall–Kier alpha value is -2.42. The van der Waals surface area contributed by atoms with Gasteiger partial charge in [-0.15, -0.1) is 0 Å². The van der Waals surface area contributed by atoms with E-state index in [2.05, 4.69) is 0 Å². The van der Waals surface area contributed by atoms with E-state index in [1.807, 2.05) is 31.2 Å². The number of amides is 1. The third-order valence-electron chi connectivity index (χ3n) is 4.60. The number of rotatable bonds is 10. The van der Waals surface area contributed by atoms with E-state index in [1.165, 1.54) is 11.8 Å². The summed E-state index contributed by atoms with van der Waals surface area (Å²) in [6.45, 7) is 3.33. The molecule has 1 heterocycles. The average molecular weight is 494 g/mol. The van der Waals surface area contributed by atoms with E-state index >= 15 is 0 Å². The summed E-state index contributed by atoms with van der Waals surface area (Å²) in [5.41, 5.74) is 0.735. The average Bonchev–Trinajstić information content (AvgIpc) is 3.06. The van der Waals surface area contributed by atoms with Gasteiger partial charge in [-0.2, -0.15) is 0 Å². The van der Waals surface area contributed by atoms with Crippen molar-refractivity contribution in [1.82, 2.24) is 4.90 Å². The highest BCUT2D eigenvalue weighted by atomic mass is 35.5. The fourth-order valence-corrected chi connectivity index (χ4v) is 4.64. The number of carbonyl (C=O) groups is 1. The molecule has 0 aromatic heterocycles. The van der Waals surface area contributed by atoms with Gasteiger partial charge in [-0.05, 0) is 55.0 Å². The molecule has 0 saturated carbocycles. The van der Waals surface area contributed by atoms with E-state index in [0.717, 1.165) is 17.1 Å². The number of methoxy groups -OCH3 is 2. The lowest BCUT2D eigenvalue weighted by Gasteiger charge is -2.14. The van der Waals surface area contributed by atoms with E-state index in [1.54, 1.807) is 37.3 Å². The molecular weight excluding hydrogens is 470 g/mol. The molecule has 1 fully saturated rings. The zero-order valence-corrected chi connectivity index (χ0v) is 20.4. The highest BCUT2D eigenvalue weighted by Gasteiger charge is 2.30. The quantitative estimate of drug-likeness (QED) is 0.248. The molecule has 2 aromatic carbocycles. The predicted octanol–water partition coefficient (Wildman–Crippen LogP) is 5.43. The van der Waals surface area contributed by atoms with Gasteiger partial charge in [-0.1, -0.05) is 35.6 Å². The van der Waals surface area contributed by atoms with Crippen LogP contribution in [-0.2, 0) is 4.79 Å². The van der Waals surface area contributed by atoms with E-state index in [4.69, 9.17) is 42.8 Å². The first kappa shape index (κ1) is 24.2. The number of nitrogens with zero attached hydrogens (tertiary/aromatic N) is 1. The molecule has 1 aliphatic rings. The maximum absolute atomic E-state index is 12.4. The number of hydrogen-bond acceptors (Lipinski definition) is 7. The summed E-state index contributed by atoms with van der Waals surface area (Å²) in [5, 5.41) is 0.401. The van der Waals surface area contributed by atoms with Crippen molar-refractivity contribution in [2.75, 3.05) is 34.0 Å². The molecule has 3 rings (SSSR count). The molecular formula is C23H24ClNO5S2. The number of likely N-dealkylation sites (N-methyl/N-ethyl adjacent to an activating group) is 1. The van der Waals surface area contributed by atoms with Crippen LogP contribution in [0.1, 0.15) is 18.9 Å². The summed E-state index contributed by atoms with van der Waals surface area (Å²) in [6, 6.07) is 10.9. The Morgan fingerprint density at radius 3 is 2.38 bits per heavy atom. The van der Waals surface area contributed by atoms with Crippen LogP contribution in [0.2, 0.25) is 5.02 Å². The molecule has 32 heavy (non-hydrogen) atoms. The maximum atomic E-state index is 12.4. The lowest BCUT2D eigenvalue weighted by atomic mass is 10.1. The number of hydrogen-bond donors (Lipinski definition) is 0. The Labute approximate surface area is 202 Å². The van der Waals surface area contributed by atoms with Crippen LogP contribution in [0, 0.1) is 0 Å². The lowest BCUT2D eigenvalue weighted by Crippen LogP contribution is -2.27. The molecule has 1 amide bonds. The molecule has 6 nitrogen and oxygen atoms in total. The zero-order chi connectivity index (χ0) is 23.1. The Bertz CT molecular complexity index is 1010. The van der Waals surface area contributed by atoms with Crippen LogP contribution < -0.4 is 18.9 Å². The Balaban J connectivity index is 1.59. The van der Waals surface area contributed by atoms with Crippen molar-refractivity contribution < 1.29 is 23.7 Å². The standard InChI is InChI=1S/C23H24ClNO5S2/c1-4-25-22(26)20(32-23(25)31)14-15-12-18(24)21(19(13-15)28-3)30-11-5-10-29-17-8-6-16(27-2)7-9-17/h6-9,12-14H,4-5,10-11H2,1-3H3. The van der Waals surface area contributed by atoms with Crippen molar-refractivity contribution in [2.24, 2.45) is 0 Å². The van der Waals surface area contributed by atoms with Crippen molar-refractivity contribution >= 4 is 51.9 Å². The fraction of sp³-hybridized carbons (Fsp3) is 0.304. The molecule has 0 spiro atoms. The number of ether oxygens (including phenoxy) is 4. The van der Waals surface area contributed by atoms with E-state index in [0.29, 0.717) is 51.9 Å². The predicted molar refractivity (Wildman–Crippen MR) is 132 cm³/mol. The van der Waals surface area contributed by atoms with Gasteiger partial charge in [0.1, 0.15) is 15.8 Å². The highest BCUT2D eigenvalue weighted by molar-refractivity contribution is 8.26. The Morgan fingerprint density at radius 1 is 1.06 bits per heavy atom. The third-order valence-corrected chi connectivity index (χ3v) is 6.26. The number of halogens is 1. The van der Waals surface area contributed by atoms with Crippen LogP contribution >= 0.6 is 35.6 Å². The zero-order valence-electron chi connectivity index (χ0n) is 18.1. The van der Waals surface area contributed by atoms with Crippen LogP contribution in [0.4, 0.5) is 0 Å². The molecule has 0 atom stereocenters. The topological polar surface area (TPSA) is 57.2 Å². The second-order valence-corrected chi connectivity index (χ2v) is 8.77. The minimum Gasteiger partial charge on any atom is -0.497 e. The monoisotopic (exact) mass is 493 g/mol. The van der Waals surface area contributed by atoms with Crippen molar-refractivity contribution in [3.63, 3.8) is 0 Å². The smallest absolute Gasteiger partial charge is 0.266 e. The van der Waals surface area contributed by atoms with Gasteiger partial charge in [0, 0.05) is 13.0 Å². The number of thioether (sulfide) groups is 1. The normalized spacial score (nSPS) is 14.8. The van der Waals surface area contributed by atoms with Crippen LogP contribution in [0.5, 0.6) is 23.0 Å². The van der Waals surface area contributed by atoms with Crippen molar-refractivity contribution in [1.29, 1.82) is 0 Å². The van der Waals surface area contributed by atoms with Gasteiger partial charge in [-0.3, -0.25) is 9.69 Å². The summed E-state index contributed by atoms with van der Waals surface area (Å²) in [6.07, 6.45) is 2.42. The van der Waals surface area contributed by atoms with Gasteiger partial charge in [0.15, 0.2) is 11.5 Å². The van der Waals surface area contributed by atoms with Crippen molar-refractivity contribution in [3.05, 3.63) is 51.9 Å². The van der Waals surface area contributed by atoms with Crippen LogP contribution in [0.3, 0.4) is 0 Å². The minimum absolute atomic E-state index is 0.102. The summed E-state index contributed by atoms with van der Waals surface area (Å²) >= 11 is 13.0. The molecule has 0 bridgehead atoms. The van der Waals surface area contributed by atoms with Crippen molar-refractivity contribution in [2.45, 2.75) is 13.3 Å². The van der Waals surface area contributed by atoms with Crippen LogP contribution in [0.15, 0.2) is 41.3 Å².